The summed E-state index contributed by atoms with van der Waals surface area (Å²) in [6.45, 7) is 6.90. The van der Waals surface area contributed by atoms with Gasteiger partial charge in [-0.15, -0.1) is 0 Å². The summed E-state index contributed by atoms with van der Waals surface area (Å²) >= 11 is 0. The normalized spacial score (nSPS) is 23.0. The van der Waals surface area contributed by atoms with Crippen LogP contribution in [0, 0.1) is 0 Å². The van der Waals surface area contributed by atoms with Crippen molar-refractivity contribution in [3.63, 3.8) is 0 Å². The molecule has 1 heterocycles. The highest BCUT2D eigenvalue weighted by Gasteiger charge is 2.43. The largest absolute Gasteiger partial charge is 0.444 e. The fourth-order valence-electron chi connectivity index (χ4n) is 2.05. The number of amides is 2. The van der Waals surface area contributed by atoms with Crippen LogP contribution < -0.4 is 5.32 Å². The summed E-state index contributed by atoms with van der Waals surface area (Å²) < 4.78 is 46.1. The smallest absolute Gasteiger partial charge is 0.411 e. The molecule has 0 radical (unpaired) electrons. The predicted molar refractivity (Wildman–Crippen MR) is 75.8 cm³/mol. The monoisotopic (exact) mass is 340 g/mol. The zero-order valence-electron chi connectivity index (χ0n) is 13.9. The molecule has 1 fully saturated rings. The van der Waals surface area contributed by atoms with Crippen molar-refractivity contribution in [2.45, 2.75) is 64.6 Å². The minimum Gasteiger partial charge on any atom is -0.444 e. The molecule has 0 saturated carbocycles. The van der Waals surface area contributed by atoms with E-state index in [-0.39, 0.29) is 6.54 Å². The number of nitrogens with zero attached hydrogens (tertiary/aromatic N) is 1. The molecule has 9 heteroatoms. The molecule has 0 aromatic rings. The zero-order chi connectivity index (χ0) is 18.0. The summed E-state index contributed by atoms with van der Waals surface area (Å²) in [6, 6.07) is -1.32. The van der Waals surface area contributed by atoms with Gasteiger partial charge in [0.25, 0.3) is 0 Å². The molecule has 3 atom stereocenters. The quantitative estimate of drug-likeness (QED) is 0.851. The van der Waals surface area contributed by atoms with Gasteiger partial charge in [0, 0.05) is 6.54 Å². The van der Waals surface area contributed by atoms with Crippen molar-refractivity contribution in [1.29, 1.82) is 0 Å². The lowest BCUT2D eigenvalue weighted by Crippen LogP contribution is -2.65. The first kappa shape index (κ1) is 19.5. The standard InChI is InChI=1S/C14H23F3N2O4/c1-8(18-12(21)23-13(3,4)5)11(20)19-6-10(9(19)2)22-7-14(15,16)17/h8-10H,6-7H2,1-5H3,(H,18,21)/t8-,9+,10-/m1/s1. The molecule has 1 saturated heterocycles. The van der Waals surface area contributed by atoms with E-state index in [1.54, 1.807) is 27.7 Å². The van der Waals surface area contributed by atoms with Gasteiger partial charge in [-0.2, -0.15) is 13.2 Å². The maximum absolute atomic E-state index is 12.2. The lowest BCUT2D eigenvalue weighted by atomic mass is 10.00. The Morgan fingerprint density at radius 2 is 1.87 bits per heavy atom. The lowest BCUT2D eigenvalue weighted by Gasteiger charge is -2.46. The number of alkyl carbamates (subject to hydrolysis) is 1. The Morgan fingerprint density at radius 1 is 1.30 bits per heavy atom. The topological polar surface area (TPSA) is 67.9 Å². The Hall–Kier alpha value is -1.51. The van der Waals surface area contributed by atoms with Crippen molar-refractivity contribution in [3.8, 4) is 0 Å². The predicted octanol–water partition coefficient (Wildman–Crippen LogP) is 2.08. The molecule has 0 aromatic heterocycles. The van der Waals surface area contributed by atoms with Crippen molar-refractivity contribution >= 4 is 12.0 Å². The summed E-state index contributed by atoms with van der Waals surface area (Å²) in [5.41, 5.74) is -0.687. The molecule has 23 heavy (non-hydrogen) atoms. The summed E-state index contributed by atoms with van der Waals surface area (Å²) in [4.78, 5) is 25.1. The van der Waals surface area contributed by atoms with E-state index in [0.29, 0.717) is 0 Å². The van der Waals surface area contributed by atoms with Crippen molar-refractivity contribution in [2.24, 2.45) is 0 Å². The second-order valence-corrected chi connectivity index (χ2v) is 6.56. The van der Waals surface area contributed by atoms with Gasteiger partial charge < -0.3 is 19.7 Å². The van der Waals surface area contributed by atoms with Gasteiger partial charge in [0.05, 0.1) is 12.1 Å². The summed E-state index contributed by atoms with van der Waals surface area (Å²) in [6.07, 6.45) is -5.78. The van der Waals surface area contributed by atoms with Crippen LogP contribution in [0.4, 0.5) is 18.0 Å². The fourth-order valence-corrected chi connectivity index (χ4v) is 2.05. The SMILES string of the molecule is C[C@@H](NC(=O)OC(C)(C)C)C(=O)N1C[C@@H](OCC(F)(F)F)[C@@H]1C. The van der Waals surface area contributed by atoms with Crippen LogP contribution in [0.5, 0.6) is 0 Å². The molecular formula is C14H23F3N2O4. The molecule has 2 amide bonds. The van der Waals surface area contributed by atoms with Gasteiger partial charge in [0.2, 0.25) is 5.91 Å². The number of ether oxygens (including phenoxy) is 2. The molecule has 0 bridgehead atoms. The number of nitrogens with one attached hydrogen (secondary N) is 1. The number of likely N-dealkylation sites (tertiary alicyclic amines) is 1. The highest BCUT2D eigenvalue weighted by atomic mass is 19.4. The van der Waals surface area contributed by atoms with Crippen molar-refractivity contribution in [2.75, 3.05) is 13.2 Å². The average Bonchev–Trinajstić information content (AvgIpc) is 2.32. The highest BCUT2D eigenvalue weighted by Crippen LogP contribution is 2.25. The van der Waals surface area contributed by atoms with Gasteiger partial charge in [-0.3, -0.25) is 4.79 Å². The van der Waals surface area contributed by atoms with Gasteiger partial charge in [0.15, 0.2) is 0 Å². The van der Waals surface area contributed by atoms with Crippen molar-refractivity contribution in [1.82, 2.24) is 10.2 Å². The maximum Gasteiger partial charge on any atom is 0.411 e. The molecule has 0 aromatic carbocycles. The molecule has 1 N–H and O–H groups in total. The van der Waals surface area contributed by atoms with E-state index in [4.69, 9.17) is 9.47 Å². The number of alkyl halides is 3. The van der Waals surface area contributed by atoms with E-state index >= 15 is 0 Å². The van der Waals surface area contributed by atoms with Crippen LogP contribution in [-0.2, 0) is 14.3 Å². The molecule has 0 spiro atoms. The minimum atomic E-state index is -4.39. The molecular weight excluding hydrogens is 317 g/mol. The van der Waals surface area contributed by atoms with Crippen LogP contribution in [0.2, 0.25) is 0 Å². The molecule has 134 valence electrons. The average molecular weight is 340 g/mol. The van der Waals surface area contributed by atoms with Crippen molar-refractivity contribution < 1.29 is 32.2 Å². The molecule has 1 aliphatic rings. The summed E-state index contributed by atoms with van der Waals surface area (Å²) in [7, 11) is 0. The van der Waals surface area contributed by atoms with Gasteiger partial charge in [-0.1, -0.05) is 0 Å². The Labute approximate surface area is 133 Å². The third-order valence-electron chi connectivity index (χ3n) is 3.25. The van der Waals surface area contributed by atoms with Crippen LogP contribution in [0.15, 0.2) is 0 Å². The van der Waals surface area contributed by atoms with E-state index in [1.165, 1.54) is 11.8 Å². The molecule has 1 rings (SSSR count). The van der Waals surface area contributed by atoms with Crippen LogP contribution in [0.3, 0.4) is 0 Å². The number of halogens is 3. The summed E-state index contributed by atoms with van der Waals surface area (Å²) in [5.74, 6) is -0.393. The van der Waals surface area contributed by atoms with Crippen LogP contribution in [0.1, 0.15) is 34.6 Å². The molecule has 0 aliphatic carbocycles. The number of carbonyl (C=O) groups is 2. The van der Waals surface area contributed by atoms with E-state index in [0.717, 1.165) is 0 Å². The number of carbonyl (C=O) groups excluding carboxylic acids is 2. The minimum absolute atomic E-state index is 0.0659. The molecule has 6 nitrogen and oxygen atoms in total. The first-order valence-electron chi connectivity index (χ1n) is 7.28. The Morgan fingerprint density at radius 3 is 2.30 bits per heavy atom. The second kappa shape index (κ2) is 6.94. The van der Waals surface area contributed by atoms with Crippen LogP contribution >= 0.6 is 0 Å². The van der Waals surface area contributed by atoms with Crippen molar-refractivity contribution in [3.05, 3.63) is 0 Å². The first-order valence-corrected chi connectivity index (χ1v) is 7.28. The molecule has 1 aliphatic heterocycles. The second-order valence-electron chi connectivity index (χ2n) is 6.56. The van der Waals surface area contributed by atoms with Gasteiger partial charge in [-0.05, 0) is 34.6 Å². The fraction of sp³-hybridized carbons (Fsp3) is 0.857. The summed E-state index contributed by atoms with van der Waals surface area (Å²) in [5, 5.41) is 2.40. The third-order valence-corrected chi connectivity index (χ3v) is 3.25. The Balaban J connectivity index is 2.42. The zero-order valence-corrected chi connectivity index (χ0v) is 13.9. The van der Waals surface area contributed by atoms with Gasteiger partial charge in [0.1, 0.15) is 18.2 Å². The lowest BCUT2D eigenvalue weighted by molar-refractivity contribution is -0.209. The van der Waals surface area contributed by atoms with Crippen LogP contribution in [-0.4, -0.2) is 60.0 Å². The van der Waals surface area contributed by atoms with Gasteiger partial charge in [-0.25, -0.2) is 4.79 Å². The van der Waals surface area contributed by atoms with E-state index in [2.05, 4.69) is 5.32 Å². The van der Waals surface area contributed by atoms with Gasteiger partial charge >= 0.3 is 12.3 Å². The van der Waals surface area contributed by atoms with E-state index in [1.807, 2.05) is 0 Å². The van der Waals surface area contributed by atoms with E-state index in [9.17, 15) is 22.8 Å². The Bertz CT molecular complexity index is 448. The Kier molecular flexibility index (Phi) is 5.89. The number of hydrogen-bond donors (Lipinski definition) is 1. The highest BCUT2D eigenvalue weighted by molar-refractivity contribution is 5.86. The first-order chi connectivity index (χ1) is 10.3. The van der Waals surface area contributed by atoms with Crippen LogP contribution in [0.25, 0.3) is 0 Å². The maximum atomic E-state index is 12.2. The van der Waals surface area contributed by atoms with E-state index < -0.39 is 48.6 Å². The third kappa shape index (κ3) is 6.25. The molecule has 0 unspecified atom stereocenters. The number of hydrogen-bond acceptors (Lipinski definition) is 4. The number of rotatable bonds is 4.